The first-order chi connectivity index (χ1) is 9.11. The third-order valence-corrected chi connectivity index (χ3v) is 3.92. The Morgan fingerprint density at radius 1 is 1.42 bits per heavy atom. The van der Waals surface area contributed by atoms with Crippen LogP contribution >= 0.6 is 12.2 Å². The molecule has 1 aliphatic rings. The van der Waals surface area contributed by atoms with Crippen molar-refractivity contribution in [1.82, 2.24) is 5.32 Å². The predicted octanol–water partition coefficient (Wildman–Crippen LogP) is 1.97. The molecule has 3 N–H and O–H groups in total. The molecular weight excluding hydrogens is 256 g/mol. The number of carbonyl (C=O) groups is 1. The van der Waals surface area contributed by atoms with E-state index in [0.29, 0.717) is 4.99 Å². The summed E-state index contributed by atoms with van der Waals surface area (Å²) < 4.78 is 0. The maximum atomic E-state index is 12.2. The van der Waals surface area contributed by atoms with Crippen LogP contribution in [0.3, 0.4) is 0 Å². The minimum atomic E-state index is -0.330. The van der Waals surface area contributed by atoms with Crippen molar-refractivity contribution in [3.05, 3.63) is 35.4 Å². The lowest BCUT2D eigenvalue weighted by Gasteiger charge is -2.18. The number of nitrogens with one attached hydrogen (secondary N) is 1. The Morgan fingerprint density at radius 2 is 2.00 bits per heavy atom. The summed E-state index contributed by atoms with van der Waals surface area (Å²) >= 11 is 4.99. The predicted molar refractivity (Wildman–Crippen MR) is 81.0 cm³/mol. The zero-order valence-electron chi connectivity index (χ0n) is 11.2. The summed E-state index contributed by atoms with van der Waals surface area (Å²) in [5.74, 6) is -0.351. The summed E-state index contributed by atoms with van der Waals surface area (Å²) in [5, 5.41) is 3.09. The van der Waals surface area contributed by atoms with Gasteiger partial charge in [-0.2, -0.15) is 0 Å². The van der Waals surface area contributed by atoms with Crippen LogP contribution in [0, 0.1) is 5.92 Å². The quantitative estimate of drug-likeness (QED) is 0.809. The number of benzene rings is 1. The second kappa shape index (κ2) is 6.15. The zero-order chi connectivity index (χ0) is 13.8. The van der Waals surface area contributed by atoms with Crippen LogP contribution in [-0.4, -0.2) is 16.9 Å². The van der Waals surface area contributed by atoms with Gasteiger partial charge in [-0.3, -0.25) is 4.79 Å². The molecule has 0 bridgehead atoms. The molecule has 0 radical (unpaired) electrons. The van der Waals surface area contributed by atoms with E-state index >= 15 is 0 Å². The van der Waals surface area contributed by atoms with E-state index in [1.807, 2.05) is 19.1 Å². The lowest BCUT2D eigenvalue weighted by Crippen LogP contribution is -2.43. The van der Waals surface area contributed by atoms with Crippen LogP contribution in [0.15, 0.2) is 24.3 Å². The Labute approximate surface area is 119 Å². The summed E-state index contributed by atoms with van der Waals surface area (Å²) in [6.45, 7) is 2.03. The smallest absolute Gasteiger partial charge is 0.230 e. The van der Waals surface area contributed by atoms with Crippen molar-refractivity contribution in [3.63, 3.8) is 0 Å². The van der Waals surface area contributed by atoms with E-state index in [1.54, 1.807) is 0 Å². The van der Waals surface area contributed by atoms with Gasteiger partial charge >= 0.3 is 0 Å². The first kappa shape index (κ1) is 14.0. The van der Waals surface area contributed by atoms with Crippen molar-refractivity contribution in [2.75, 3.05) is 0 Å². The number of amides is 1. The van der Waals surface area contributed by atoms with Crippen molar-refractivity contribution < 1.29 is 4.79 Å². The fraction of sp³-hybridized carbons (Fsp3) is 0.467. The van der Waals surface area contributed by atoms with Crippen LogP contribution in [-0.2, 0) is 17.6 Å². The highest BCUT2D eigenvalue weighted by Crippen LogP contribution is 2.22. The van der Waals surface area contributed by atoms with E-state index in [2.05, 4.69) is 17.4 Å². The average molecular weight is 276 g/mol. The van der Waals surface area contributed by atoms with Gasteiger partial charge in [-0.05, 0) is 30.4 Å². The molecule has 0 saturated heterocycles. The van der Waals surface area contributed by atoms with Gasteiger partial charge in [-0.1, -0.05) is 49.8 Å². The molecular formula is C15H20N2OS. The molecule has 1 unspecified atom stereocenters. The maximum absolute atomic E-state index is 12.2. The first-order valence-electron chi connectivity index (χ1n) is 6.78. The molecule has 4 heteroatoms. The SMILES string of the molecule is CCCC(C(=O)NC1Cc2ccccc2C1)C(N)=S. The van der Waals surface area contributed by atoms with E-state index in [0.717, 1.165) is 25.7 Å². The molecule has 0 aromatic heterocycles. The Bertz CT molecular complexity index is 462. The summed E-state index contributed by atoms with van der Waals surface area (Å²) in [6.07, 6.45) is 3.43. The monoisotopic (exact) mass is 276 g/mol. The molecule has 2 rings (SSSR count). The Morgan fingerprint density at radius 3 is 2.47 bits per heavy atom. The molecule has 1 atom stereocenters. The number of rotatable bonds is 5. The van der Waals surface area contributed by atoms with Crippen LogP contribution in [0.1, 0.15) is 30.9 Å². The Hall–Kier alpha value is -1.42. The van der Waals surface area contributed by atoms with Crippen molar-refractivity contribution in [2.24, 2.45) is 11.7 Å². The number of hydrogen-bond donors (Lipinski definition) is 2. The maximum Gasteiger partial charge on any atom is 0.230 e. The normalized spacial score (nSPS) is 15.8. The highest BCUT2D eigenvalue weighted by molar-refractivity contribution is 7.80. The first-order valence-corrected chi connectivity index (χ1v) is 7.19. The lowest BCUT2D eigenvalue weighted by atomic mass is 10.0. The van der Waals surface area contributed by atoms with Gasteiger partial charge in [0.2, 0.25) is 5.91 Å². The molecule has 1 aromatic carbocycles. The molecule has 0 fully saturated rings. The van der Waals surface area contributed by atoms with Gasteiger partial charge in [-0.25, -0.2) is 0 Å². The number of nitrogens with two attached hydrogens (primary N) is 1. The fourth-order valence-corrected chi connectivity index (χ4v) is 2.88. The highest BCUT2D eigenvalue weighted by atomic mass is 32.1. The van der Waals surface area contributed by atoms with Crippen molar-refractivity contribution >= 4 is 23.1 Å². The fourth-order valence-electron chi connectivity index (χ4n) is 2.65. The number of fused-ring (bicyclic) bond motifs is 1. The van der Waals surface area contributed by atoms with Gasteiger partial charge in [0, 0.05) is 6.04 Å². The topological polar surface area (TPSA) is 55.1 Å². The van der Waals surface area contributed by atoms with Crippen LogP contribution in [0.4, 0.5) is 0 Å². The second-order valence-corrected chi connectivity index (χ2v) is 5.60. The minimum absolute atomic E-state index is 0.0212. The molecule has 0 aliphatic heterocycles. The van der Waals surface area contributed by atoms with E-state index < -0.39 is 0 Å². The molecule has 3 nitrogen and oxygen atoms in total. The third-order valence-electron chi connectivity index (χ3n) is 3.63. The van der Waals surface area contributed by atoms with E-state index in [4.69, 9.17) is 18.0 Å². The minimum Gasteiger partial charge on any atom is -0.393 e. The molecule has 1 amide bonds. The number of hydrogen-bond acceptors (Lipinski definition) is 2. The van der Waals surface area contributed by atoms with Crippen molar-refractivity contribution in [1.29, 1.82) is 0 Å². The van der Waals surface area contributed by atoms with Crippen molar-refractivity contribution in [2.45, 2.75) is 38.6 Å². The molecule has 19 heavy (non-hydrogen) atoms. The summed E-state index contributed by atoms with van der Waals surface area (Å²) in [5.41, 5.74) is 8.31. The standard InChI is InChI=1S/C15H20N2OS/c1-2-5-13(14(16)19)15(18)17-12-8-10-6-3-4-7-11(10)9-12/h3-4,6-7,12-13H,2,5,8-9H2,1H3,(H2,16,19)(H,17,18). The van der Waals surface area contributed by atoms with Gasteiger partial charge in [0.25, 0.3) is 0 Å². The largest absolute Gasteiger partial charge is 0.393 e. The summed E-state index contributed by atoms with van der Waals surface area (Å²) in [7, 11) is 0. The van der Waals surface area contributed by atoms with Gasteiger partial charge in [0.05, 0.1) is 10.9 Å². The molecule has 0 heterocycles. The van der Waals surface area contributed by atoms with Gasteiger partial charge in [0.1, 0.15) is 0 Å². The average Bonchev–Trinajstić information content (AvgIpc) is 2.77. The molecule has 102 valence electrons. The van der Waals surface area contributed by atoms with E-state index in [-0.39, 0.29) is 17.9 Å². The van der Waals surface area contributed by atoms with Gasteiger partial charge < -0.3 is 11.1 Å². The highest BCUT2D eigenvalue weighted by Gasteiger charge is 2.26. The Balaban J connectivity index is 1.96. The number of thiocarbonyl (C=S) groups is 1. The van der Waals surface area contributed by atoms with Crippen molar-refractivity contribution in [3.8, 4) is 0 Å². The number of carbonyl (C=O) groups excluding carboxylic acids is 1. The van der Waals surface area contributed by atoms with Crippen LogP contribution < -0.4 is 11.1 Å². The summed E-state index contributed by atoms with van der Waals surface area (Å²) in [6, 6.07) is 8.51. The Kier molecular flexibility index (Phi) is 4.53. The van der Waals surface area contributed by atoms with Gasteiger partial charge in [0.15, 0.2) is 0 Å². The van der Waals surface area contributed by atoms with Crippen LogP contribution in [0.5, 0.6) is 0 Å². The van der Waals surface area contributed by atoms with Gasteiger partial charge in [-0.15, -0.1) is 0 Å². The van der Waals surface area contributed by atoms with E-state index in [9.17, 15) is 4.79 Å². The van der Waals surface area contributed by atoms with Crippen LogP contribution in [0.2, 0.25) is 0 Å². The molecule has 0 spiro atoms. The molecule has 1 aromatic rings. The second-order valence-electron chi connectivity index (χ2n) is 5.13. The van der Waals surface area contributed by atoms with E-state index in [1.165, 1.54) is 11.1 Å². The molecule has 1 aliphatic carbocycles. The zero-order valence-corrected chi connectivity index (χ0v) is 12.0. The molecule has 0 saturated carbocycles. The third kappa shape index (κ3) is 3.32. The van der Waals surface area contributed by atoms with Crippen LogP contribution in [0.25, 0.3) is 0 Å². The summed E-state index contributed by atoms with van der Waals surface area (Å²) in [4.78, 5) is 12.5. The lowest BCUT2D eigenvalue weighted by molar-refractivity contribution is -0.123.